The number of aromatic nitrogens is 2. The van der Waals surface area contributed by atoms with Crippen LogP contribution in [0.3, 0.4) is 0 Å². The Labute approximate surface area is 116 Å². The Balaban J connectivity index is 1.76. The van der Waals surface area contributed by atoms with Crippen LogP contribution in [0.25, 0.3) is 0 Å². The number of aromatic carboxylic acids is 1. The molecule has 0 radical (unpaired) electrons. The molecule has 0 aliphatic heterocycles. The number of carbonyl (C=O) groups is 1. The standard InChI is InChI=1S/C15H15N3O2/c19-15(20)11-4-1-3-10(7-11)8-16-14-12-5-2-6-13(12)17-9-18-14/h1,3-4,7,9H,2,5-6,8H2,(H,19,20)(H,16,17,18). The van der Waals surface area contributed by atoms with E-state index in [1.54, 1.807) is 24.5 Å². The van der Waals surface area contributed by atoms with Crippen LogP contribution >= 0.6 is 0 Å². The minimum atomic E-state index is -0.908. The van der Waals surface area contributed by atoms with Crippen LogP contribution in [0.2, 0.25) is 0 Å². The van der Waals surface area contributed by atoms with Crippen molar-refractivity contribution in [3.05, 3.63) is 53.0 Å². The molecule has 1 aliphatic carbocycles. The van der Waals surface area contributed by atoms with E-state index in [1.165, 1.54) is 5.56 Å². The molecule has 1 aliphatic rings. The molecule has 0 saturated carbocycles. The summed E-state index contributed by atoms with van der Waals surface area (Å²) in [6, 6.07) is 6.93. The van der Waals surface area contributed by atoms with Gasteiger partial charge >= 0.3 is 5.97 Å². The highest BCUT2D eigenvalue weighted by atomic mass is 16.4. The van der Waals surface area contributed by atoms with E-state index in [2.05, 4.69) is 15.3 Å². The van der Waals surface area contributed by atoms with Crippen molar-refractivity contribution in [2.24, 2.45) is 0 Å². The predicted molar refractivity (Wildman–Crippen MR) is 74.8 cm³/mol. The van der Waals surface area contributed by atoms with Crippen LogP contribution in [0.4, 0.5) is 5.82 Å². The summed E-state index contributed by atoms with van der Waals surface area (Å²) in [4.78, 5) is 19.5. The molecule has 2 aromatic rings. The maximum absolute atomic E-state index is 10.9. The Bertz CT molecular complexity index is 655. The maximum atomic E-state index is 10.9. The molecule has 0 bridgehead atoms. The lowest BCUT2D eigenvalue weighted by Gasteiger charge is -2.10. The first-order valence-corrected chi connectivity index (χ1v) is 6.63. The maximum Gasteiger partial charge on any atom is 0.335 e. The number of hydrogen-bond acceptors (Lipinski definition) is 4. The van der Waals surface area contributed by atoms with E-state index < -0.39 is 5.97 Å². The Morgan fingerprint density at radius 1 is 1.30 bits per heavy atom. The number of fused-ring (bicyclic) bond motifs is 1. The van der Waals surface area contributed by atoms with Crippen LogP contribution in [0.5, 0.6) is 0 Å². The van der Waals surface area contributed by atoms with Gasteiger partial charge in [-0.25, -0.2) is 14.8 Å². The van der Waals surface area contributed by atoms with Gasteiger partial charge in [-0.2, -0.15) is 0 Å². The second-order valence-electron chi connectivity index (χ2n) is 4.86. The lowest BCUT2D eigenvalue weighted by molar-refractivity contribution is 0.0697. The van der Waals surface area contributed by atoms with Gasteiger partial charge in [0.1, 0.15) is 12.1 Å². The molecule has 3 rings (SSSR count). The number of carboxylic acid groups (broad SMARTS) is 1. The Morgan fingerprint density at radius 2 is 2.20 bits per heavy atom. The molecule has 20 heavy (non-hydrogen) atoms. The van der Waals surface area contributed by atoms with Crippen LogP contribution in [0, 0.1) is 0 Å². The summed E-state index contributed by atoms with van der Waals surface area (Å²) in [7, 11) is 0. The minimum absolute atomic E-state index is 0.303. The van der Waals surface area contributed by atoms with Crippen molar-refractivity contribution in [1.82, 2.24) is 9.97 Å². The second-order valence-corrected chi connectivity index (χ2v) is 4.86. The van der Waals surface area contributed by atoms with E-state index in [-0.39, 0.29) is 0 Å². The first-order valence-electron chi connectivity index (χ1n) is 6.63. The third kappa shape index (κ3) is 2.47. The van der Waals surface area contributed by atoms with Crippen LogP contribution in [0.1, 0.15) is 33.6 Å². The highest BCUT2D eigenvalue weighted by molar-refractivity contribution is 5.87. The number of hydrogen-bond donors (Lipinski definition) is 2. The van der Waals surface area contributed by atoms with E-state index in [0.29, 0.717) is 12.1 Å². The fourth-order valence-electron chi connectivity index (χ4n) is 2.51. The average Bonchev–Trinajstić information content (AvgIpc) is 2.94. The largest absolute Gasteiger partial charge is 0.478 e. The van der Waals surface area contributed by atoms with E-state index in [1.807, 2.05) is 6.07 Å². The predicted octanol–water partition coefficient (Wildman–Crippen LogP) is 2.28. The lowest BCUT2D eigenvalue weighted by Crippen LogP contribution is -2.06. The molecule has 0 saturated heterocycles. The van der Waals surface area contributed by atoms with Crippen LogP contribution in [0.15, 0.2) is 30.6 Å². The summed E-state index contributed by atoms with van der Waals surface area (Å²) < 4.78 is 0. The first-order chi connectivity index (χ1) is 9.74. The zero-order valence-corrected chi connectivity index (χ0v) is 11.0. The zero-order valence-electron chi connectivity index (χ0n) is 11.0. The van der Waals surface area contributed by atoms with Gasteiger partial charge in [-0.3, -0.25) is 0 Å². The summed E-state index contributed by atoms with van der Waals surface area (Å²) in [5.74, 6) is -0.0389. The topological polar surface area (TPSA) is 75.1 Å². The summed E-state index contributed by atoms with van der Waals surface area (Å²) >= 11 is 0. The van der Waals surface area contributed by atoms with Crippen LogP contribution < -0.4 is 5.32 Å². The molecule has 2 N–H and O–H groups in total. The van der Waals surface area contributed by atoms with Crippen LogP contribution in [-0.4, -0.2) is 21.0 Å². The Morgan fingerprint density at radius 3 is 3.05 bits per heavy atom. The van der Waals surface area contributed by atoms with E-state index in [9.17, 15) is 4.79 Å². The van der Waals surface area contributed by atoms with Gasteiger partial charge in [-0.15, -0.1) is 0 Å². The van der Waals surface area contributed by atoms with Gasteiger partial charge in [0.15, 0.2) is 0 Å². The second kappa shape index (κ2) is 5.28. The third-order valence-corrected chi connectivity index (χ3v) is 3.51. The average molecular weight is 269 g/mol. The van der Waals surface area contributed by atoms with E-state index in [0.717, 1.165) is 36.3 Å². The molecule has 1 aromatic heterocycles. The highest BCUT2D eigenvalue weighted by Crippen LogP contribution is 2.25. The SMILES string of the molecule is O=C(O)c1cccc(CNc2ncnc3c2CCC3)c1. The number of aryl methyl sites for hydroxylation is 1. The van der Waals surface area contributed by atoms with Crippen molar-refractivity contribution in [3.63, 3.8) is 0 Å². The van der Waals surface area contributed by atoms with Crippen molar-refractivity contribution >= 4 is 11.8 Å². The van der Waals surface area contributed by atoms with Gasteiger partial charge < -0.3 is 10.4 Å². The number of rotatable bonds is 4. The number of carboxylic acids is 1. The van der Waals surface area contributed by atoms with Gasteiger partial charge in [0.05, 0.1) is 5.56 Å². The molecule has 0 fully saturated rings. The van der Waals surface area contributed by atoms with Crippen molar-refractivity contribution in [3.8, 4) is 0 Å². The molecule has 1 aromatic carbocycles. The molecule has 0 amide bonds. The summed E-state index contributed by atoms with van der Waals surface area (Å²) in [6.45, 7) is 0.560. The quantitative estimate of drug-likeness (QED) is 0.890. The molecular weight excluding hydrogens is 254 g/mol. The monoisotopic (exact) mass is 269 g/mol. The van der Waals surface area contributed by atoms with Gasteiger partial charge in [0.2, 0.25) is 0 Å². The van der Waals surface area contributed by atoms with Gasteiger partial charge in [-0.1, -0.05) is 12.1 Å². The van der Waals surface area contributed by atoms with Crippen LogP contribution in [-0.2, 0) is 19.4 Å². The normalized spacial score (nSPS) is 13.0. The van der Waals surface area contributed by atoms with Crippen molar-refractivity contribution in [2.75, 3.05) is 5.32 Å². The fourth-order valence-corrected chi connectivity index (χ4v) is 2.51. The Hall–Kier alpha value is -2.43. The Kier molecular flexibility index (Phi) is 3.33. The molecule has 1 heterocycles. The van der Waals surface area contributed by atoms with E-state index in [4.69, 9.17) is 5.11 Å². The summed E-state index contributed by atoms with van der Waals surface area (Å²) in [6.07, 6.45) is 4.73. The first kappa shape index (κ1) is 12.6. The number of anilines is 1. The highest BCUT2D eigenvalue weighted by Gasteiger charge is 2.16. The van der Waals surface area contributed by atoms with Gasteiger partial charge in [0, 0.05) is 17.8 Å². The zero-order chi connectivity index (χ0) is 13.9. The fraction of sp³-hybridized carbons (Fsp3) is 0.267. The van der Waals surface area contributed by atoms with Crippen molar-refractivity contribution in [2.45, 2.75) is 25.8 Å². The molecular formula is C15H15N3O2. The molecule has 0 atom stereocenters. The molecule has 5 heteroatoms. The number of benzene rings is 1. The lowest BCUT2D eigenvalue weighted by atomic mass is 10.1. The summed E-state index contributed by atoms with van der Waals surface area (Å²) in [5.41, 5.74) is 3.55. The molecule has 5 nitrogen and oxygen atoms in total. The van der Waals surface area contributed by atoms with Crippen molar-refractivity contribution in [1.29, 1.82) is 0 Å². The van der Waals surface area contributed by atoms with Crippen molar-refractivity contribution < 1.29 is 9.90 Å². The molecule has 102 valence electrons. The number of nitrogens with one attached hydrogen (secondary N) is 1. The third-order valence-electron chi connectivity index (χ3n) is 3.51. The smallest absolute Gasteiger partial charge is 0.335 e. The molecule has 0 spiro atoms. The van der Waals surface area contributed by atoms with E-state index >= 15 is 0 Å². The summed E-state index contributed by atoms with van der Waals surface area (Å²) in [5, 5.41) is 12.3. The minimum Gasteiger partial charge on any atom is -0.478 e. The van der Waals surface area contributed by atoms with Gasteiger partial charge in [0.25, 0.3) is 0 Å². The van der Waals surface area contributed by atoms with Gasteiger partial charge in [-0.05, 0) is 37.0 Å². The number of nitrogens with zero attached hydrogens (tertiary/aromatic N) is 2. The molecule has 0 unspecified atom stereocenters.